The van der Waals surface area contributed by atoms with Crippen LogP contribution >= 0.6 is 12.6 Å². The molecule has 0 aliphatic rings. The van der Waals surface area contributed by atoms with Crippen molar-refractivity contribution in [1.82, 2.24) is 5.32 Å². The summed E-state index contributed by atoms with van der Waals surface area (Å²) in [5, 5.41) is 2.72. The van der Waals surface area contributed by atoms with E-state index in [4.69, 9.17) is 4.74 Å². The fourth-order valence-electron chi connectivity index (χ4n) is 0.619. The third-order valence-corrected chi connectivity index (χ3v) is 2.03. The lowest BCUT2D eigenvalue weighted by molar-refractivity contribution is 0.0482. The van der Waals surface area contributed by atoms with Gasteiger partial charge in [0.15, 0.2) is 0 Å². The van der Waals surface area contributed by atoms with Gasteiger partial charge in [-0.05, 0) is 34.6 Å². The van der Waals surface area contributed by atoms with Crippen LogP contribution in [0.4, 0.5) is 4.79 Å². The van der Waals surface area contributed by atoms with E-state index in [2.05, 4.69) is 17.9 Å². The fourth-order valence-corrected chi connectivity index (χ4v) is 0.698. The number of rotatable bonds is 2. The van der Waals surface area contributed by atoms with E-state index in [0.717, 1.165) is 0 Å². The van der Waals surface area contributed by atoms with Gasteiger partial charge in [-0.15, -0.1) is 0 Å². The molecule has 0 aliphatic heterocycles. The summed E-state index contributed by atoms with van der Waals surface area (Å²) in [4.78, 5) is 11.3. The van der Waals surface area contributed by atoms with Gasteiger partial charge in [0.1, 0.15) is 5.60 Å². The Morgan fingerprint density at radius 1 is 1.31 bits per heavy atom. The Hall–Kier alpha value is -0.380. The molecule has 0 aromatic carbocycles. The first-order chi connectivity index (χ1) is 5.66. The average molecular weight is 205 g/mol. The number of carbonyl (C=O) groups excluding carboxylic acids is 1. The van der Waals surface area contributed by atoms with Gasteiger partial charge >= 0.3 is 6.09 Å². The van der Waals surface area contributed by atoms with Crippen LogP contribution < -0.4 is 5.32 Å². The van der Waals surface area contributed by atoms with Crippen LogP contribution in [-0.4, -0.2) is 23.0 Å². The highest BCUT2D eigenvalue weighted by Gasteiger charge is 2.22. The summed E-state index contributed by atoms with van der Waals surface area (Å²) >= 11 is 4.12. The highest BCUT2D eigenvalue weighted by atomic mass is 32.1. The van der Waals surface area contributed by atoms with Crippen LogP contribution in [0.3, 0.4) is 0 Å². The molecule has 78 valence electrons. The zero-order valence-corrected chi connectivity index (χ0v) is 9.87. The molecule has 0 atom stereocenters. The quantitative estimate of drug-likeness (QED) is 0.678. The molecule has 13 heavy (non-hydrogen) atoms. The molecule has 0 bridgehead atoms. The molecule has 0 spiro atoms. The lowest BCUT2D eigenvalue weighted by atomic mass is 10.1. The predicted molar refractivity (Wildman–Crippen MR) is 57.3 cm³/mol. The maximum atomic E-state index is 11.3. The van der Waals surface area contributed by atoms with Crippen molar-refractivity contribution >= 4 is 18.7 Å². The molecule has 0 radical (unpaired) electrons. The average Bonchev–Trinajstić information content (AvgIpc) is 1.81. The molecule has 0 aromatic rings. The second kappa shape index (κ2) is 4.22. The molecule has 0 unspecified atom stereocenters. The fraction of sp³-hybridized carbons (Fsp3) is 0.889. The lowest BCUT2D eigenvalue weighted by Crippen LogP contribution is -2.47. The molecule has 1 amide bonds. The minimum absolute atomic E-state index is 0.328. The van der Waals surface area contributed by atoms with Crippen LogP contribution in [-0.2, 0) is 4.74 Å². The smallest absolute Gasteiger partial charge is 0.408 e. The number of thiol groups is 1. The Balaban J connectivity index is 4.03. The van der Waals surface area contributed by atoms with E-state index in [9.17, 15) is 4.79 Å². The maximum Gasteiger partial charge on any atom is 0.408 e. The third-order valence-electron chi connectivity index (χ3n) is 1.23. The Labute approximate surface area is 85.6 Å². The lowest BCUT2D eigenvalue weighted by Gasteiger charge is -2.27. The molecule has 0 rings (SSSR count). The van der Waals surface area contributed by atoms with Crippen molar-refractivity contribution in [1.29, 1.82) is 0 Å². The van der Waals surface area contributed by atoms with E-state index in [1.165, 1.54) is 0 Å². The van der Waals surface area contributed by atoms with Crippen molar-refractivity contribution in [3.63, 3.8) is 0 Å². The molecule has 0 fully saturated rings. The van der Waals surface area contributed by atoms with E-state index in [-0.39, 0.29) is 5.54 Å². The number of hydrogen-bond donors (Lipinski definition) is 2. The second-order valence-corrected chi connectivity index (χ2v) is 4.99. The Bertz CT molecular complexity index is 185. The largest absolute Gasteiger partial charge is 0.444 e. The summed E-state index contributed by atoms with van der Waals surface area (Å²) in [6.07, 6.45) is -0.397. The molecule has 0 saturated carbocycles. The van der Waals surface area contributed by atoms with Crippen molar-refractivity contribution < 1.29 is 9.53 Å². The number of nitrogens with one attached hydrogen (secondary N) is 1. The normalized spacial score (nSPS) is 12.5. The van der Waals surface area contributed by atoms with E-state index in [0.29, 0.717) is 5.75 Å². The summed E-state index contributed by atoms with van der Waals surface area (Å²) in [7, 11) is 0. The number of ether oxygens (including phenoxy) is 1. The Morgan fingerprint density at radius 2 is 1.77 bits per heavy atom. The van der Waals surface area contributed by atoms with Crippen molar-refractivity contribution in [3.05, 3.63) is 0 Å². The maximum absolute atomic E-state index is 11.3. The topological polar surface area (TPSA) is 38.3 Å². The molecular formula is C9H19NO2S. The summed E-state index contributed by atoms with van der Waals surface area (Å²) in [5.41, 5.74) is -0.776. The van der Waals surface area contributed by atoms with E-state index < -0.39 is 11.7 Å². The van der Waals surface area contributed by atoms with Crippen molar-refractivity contribution in [3.8, 4) is 0 Å². The van der Waals surface area contributed by atoms with Crippen LogP contribution in [0.2, 0.25) is 0 Å². The molecular weight excluding hydrogens is 186 g/mol. The van der Waals surface area contributed by atoms with Crippen LogP contribution in [0.1, 0.15) is 34.6 Å². The second-order valence-electron chi connectivity index (χ2n) is 4.67. The minimum Gasteiger partial charge on any atom is -0.444 e. The predicted octanol–water partition coefficient (Wildman–Crippen LogP) is 2.22. The molecule has 0 aromatic heterocycles. The SMILES string of the molecule is CC(C)(CS)NC(=O)OC(C)(C)C. The zero-order valence-electron chi connectivity index (χ0n) is 8.97. The first-order valence-corrected chi connectivity index (χ1v) is 4.91. The minimum atomic E-state index is -0.448. The molecule has 0 heterocycles. The standard InChI is InChI=1S/C9H19NO2S/c1-8(2,3)12-7(11)10-9(4,5)6-13/h13H,6H2,1-5H3,(H,10,11). The highest BCUT2D eigenvalue weighted by molar-refractivity contribution is 7.80. The number of carbonyl (C=O) groups is 1. The van der Waals surface area contributed by atoms with Gasteiger partial charge in [-0.3, -0.25) is 0 Å². The number of hydrogen-bond acceptors (Lipinski definition) is 3. The van der Waals surface area contributed by atoms with E-state index in [1.807, 2.05) is 34.6 Å². The molecule has 0 saturated heterocycles. The highest BCUT2D eigenvalue weighted by Crippen LogP contribution is 2.09. The van der Waals surface area contributed by atoms with E-state index in [1.54, 1.807) is 0 Å². The summed E-state index contributed by atoms with van der Waals surface area (Å²) in [6, 6.07) is 0. The van der Waals surface area contributed by atoms with E-state index >= 15 is 0 Å². The van der Waals surface area contributed by atoms with Gasteiger partial charge in [-0.1, -0.05) is 0 Å². The zero-order chi connectivity index (χ0) is 10.7. The van der Waals surface area contributed by atoms with Crippen LogP contribution in [0.15, 0.2) is 0 Å². The third kappa shape index (κ3) is 6.75. The van der Waals surface area contributed by atoms with Crippen LogP contribution in [0.25, 0.3) is 0 Å². The monoisotopic (exact) mass is 205 g/mol. The van der Waals surface area contributed by atoms with Gasteiger partial charge in [-0.2, -0.15) is 12.6 Å². The van der Waals surface area contributed by atoms with Gasteiger partial charge < -0.3 is 10.1 Å². The van der Waals surface area contributed by atoms with Crippen molar-refractivity contribution in [2.24, 2.45) is 0 Å². The summed E-state index contributed by atoms with van der Waals surface area (Å²) in [5.74, 6) is 0.576. The van der Waals surface area contributed by atoms with Gasteiger partial charge in [0.25, 0.3) is 0 Å². The van der Waals surface area contributed by atoms with Gasteiger partial charge in [0, 0.05) is 11.3 Å². The molecule has 1 N–H and O–H groups in total. The van der Waals surface area contributed by atoms with Crippen molar-refractivity contribution in [2.75, 3.05) is 5.75 Å². The molecule has 4 heteroatoms. The van der Waals surface area contributed by atoms with Gasteiger partial charge in [0.2, 0.25) is 0 Å². The van der Waals surface area contributed by atoms with Gasteiger partial charge in [0.05, 0.1) is 0 Å². The number of amides is 1. The first kappa shape index (κ1) is 12.6. The molecule has 3 nitrogen and oxygen atoms in total. The first-order valence-electron chi connectivity index (χ1n) is 4.28. The molecule has 0 aliphatic carbocycles. The Kier molecular flexibility index (Phi) is 4.10. The van der Waals surface area contributed by atoms with Crippen LogP contribution in [0.5, 0.6) is 0 Å². The Morgan fingerprint density at radius 3 is 2.08 bits per heavy atom. The van der Waals surface area contributed by atoms with Crippen molar-refractivity contribution in [2.45, 2.75) is 45.8 Å². The van der Waals surface area contributed by atoms with Crippen LogP contribution in [0, 0.1) is 0 Å². The number of alkyl carbamates (subject to hydrolysis) is 1. The summed E-state index contributed by atoms with van der Waals surface area (Å²) in [6.45, 7) is 9.29. The summed E-state index contributed by atoms with van der Waals surface area (Å²) < 4.78 is 5.09. The van der Waals surface area contributed by atoms with Gasteiger partial charge in [-0.25, -0.2) is 4.79 Å².